The van der Waals surface area contributed by atoms with E-state index in [0.717, 1.165) is 5.39 Å². The van der Waals surface area contributed by atoms with E-state index in [1.807, 2.05) is 36.7 Å². The second kappa shape index (κ2) is 5.77. The molecular weight excluding hydrogens is 256 g/mol. The molecule has 0 radical (unpaired) electrons. The summed E-state index contributed by atoms with van der Waals surface area (Å²) in [4.78, 5) is 22.9. The van der Waals surface area contributed by atoms with Crippen molar-refractivity contribution < 1.29 is 14.7 Å². The number of rotatable bonds is 5. The van der Waals surface area contributed by atoms with Crippen LogP contribution >= 0.6 is 0 Å². The second-order valence-electron chi connectivity index (χ2n) is 5.03. The first kappa shape index (κ1) is 14.1. The van der Waals surface area contributed by atoms with Crippen molar-refractivity contribution in [2.24, 2.45) is 0 Å². The number of nitrogens with one attached hydrogen (secondary N) is 1. The van der Waals surface area contributed by atoms with Crippen LogP contribution in [0, 0.1) is 0 Å². The molecule has 0 saturated carbocycles. The highest BCUT2D eigenvalue weighted by atomic mass is 16.4. The quantitative estimate of drug-likeness (QED) is 0.878. The zero-order chi connectivity index (χ0) is 14.7. The number of aryl methyl sites for hydroxylation is 1. The number of carboxylic acid groups (broad SMARTS) is 1. The molecule has 1 heterocycles. The van der Waals surface area contributed by atoms with Crippen LogP contribution in [0.25, 0.3) is 10.9 Å². The van der Waals surface area contributed by atoms with Gasteiger partial charge in [-0.1, -0.05) is 12.1 Å². The molecule has 0 unspecified atom stereocenters. The maximum atomic E-state index is 11.7. The first-order chi connectivity index (χ1) is 9.49. The number of hydrogen-bond donors (Lipinski definition) is 2. The van der Waals surface area contributed by atoms with Crippen molar-refractivity contribution in [2.75, 3.05) is 0 Å². The molecule has 0 aliphatic heterocycles. The summed E-state index contributed by atoms with van der Waals surface area (Å²) in [5, 5.41) is 12.9. The number of aromatic nitrogens is 1. The number of hydrogen-bond acceptors (Lipinski definition) is 2. The van der Waals surface area contributed by atoms with Gasteiger partial charge >= 0.3 is 5.97 Å². The van der Waals surface area contributed by atoms with Gasteiger partial charge in [-0.15, -0.1) is 0 Å². The van der Waals surface area contributed by atoms with Gasteiger partial charge in [0.05, 0.1) is 11.1 Å². The highest BCUT2D eigenvalue weighted by Gasteiger charge is 2.12. The maximum Gasteiger partial charge on any atom is 0.337 e. The monoisotopic (exact) mass is 274 g/mol. The number of carbonyl (C=O) groups excluding carboxylic acids is 1. The summed E-state index contributed by atoms with van der Waals surface area (Å²) in [6.45, 7) is 4.28. The Kier molecular flexibility index (Phi) is 4.08. The molecule has 106 valence electrons. The molecule has 2 rings (SSSR count). The summed E-state index contributed by atoms with van der Waals surface area (Å²) in [7, 11) is 0. The molecule has 0 aliphatic rings. The van der Waals surface area contributed by atoms with Crippen LogP contribution in [0.3, 0.4) is 0 Å². The first-order valence-corrected chi connectivity index (χ1v) is 6.59. The lowest BCUT2D eigenvalue weighted by atomic mass is 10.1. The molecule has 0 atom stereocenters. The Balaban J connectivity index is 2.23. The molecule has 0 fully saturated rings. The average molecular weight is 274 g/mol. The Labute approximate surface area is 117 Å². The number of amides is 1. The van der Waals surface area contributed by atoms with Gasteiger partial charge in [0.2, 0.25) is 5.91 Å². The predicted octanol–water partition coefficient (Wildman–Crippen LogP) is 2.25. The maximum absolute atomic E-state index is 11.7. The largest absolute Gasteiger partial charge is 0.478 e. The van der Waals surface area contributed by atoms with Crippen LogP contribution in [0.4, 0.5) is 0 Å². The SMILES string of the molecule is CC(C)NC(=O)CCn1ccc2cccc(C(=O)O)c21. The van der Waals surface area contributed by atoms with Gasteiger partial charge in [0.1, 0.15) is 0 Å². The van der Waals surface area contributed by atoms with Crippen molar-refractivity contribution in [3.05, 3.63) is 36.0 Å². The third-order valence-corrected chi connectivity index (χ3v) is 3.05. The number of aromatic carboxylic acids is 1. The van der Waals surface area contributed by atoms with Crippen LogP contribution in [0.1, 0.15) is 30.6 Å². The van der Waals surface area contributed by atoms with Crippen LogP contribution in [0.5, 0.6) is 0 Å². The van der Waals surface area contributed by atoms with E-state index in [4.69, 9.17) is 0 Å². The lowest BCUT2D eigenvalue weighted by molar-refractivity contribution is -0.121. The third-order valence-electron chi connectivity index (χ3n) is 3.05. The van der Waals surface area contributed by atoms with Crippen LogP contribution in [-0.4, -0.2) is 27.6 Å². The minimum Gasteiger partial charge on any atom is -0.478 e. The van der Waals surface area contributed by atoms with E-state index in [2.05, 4.69) is 5.32 Å². The Morgan fingerprint density at radius 1 is 1.30 bits per heavy atom. The van der Waals surface area contributed by atoms with Crippen LogP contribution in [-0.2, 0) is 11.3 Å². The van der Waals surface area contributed by atoms with Crippen molar-refractivity contribution in [2.45, 2.75) is 32.9 Å². The van der Waals surface area contributed by atoms with Gasteiger partial charge in [0, 0.05) is 30.6 Å². The first-order valence-electron chi connectivity index (χ1n) is 6.59. The summed E-state index contributed by atoms with van der Waals surface area (Å²) in [5.74, 6) is -0.989. The van der Waals surface area contributed by atoms with E-state index < -0.39 is 5.97 Å². The molecule has 1 amide bonds. The summed E-state index contributed by atoms with van der Waals surface area (Å²) < 4.78 is 1.82. The minimum absolute atomic E-state index is 0.0327. The van der Waals surface area contributed by atoms with Crippen LogP contribution in [0.15, 0.2) is 30.5 Å². The fourth-order valence-electron chi connectivity index (χ4n) is 2.24. The van der Waals surface area contributed by atoms with Crippen molar-refractivity contribution >= 4 is 22.8 Å². The normalized spacial score (nSPS) is 10.9. The van der Waals surface area contributed by atoms with Gasteiger partial charge in [-0.2, -0.15) is 0 Å². The summed E-state index contributed by atoms with van der Waals surface area (Å²) >= 11 is 0. The van der Waals surface area contributed by atoms with Gasteiger partial charge in [-0.3, -0.25) is 4.79 Å². The topological polar surface area (TPSA) is 71.3 Å². The molecule has 2 N–H and O–H groups in total. The van der Waals surface area contributed by atoms with Crippen molar-refractivity contribution in [1.29, 1.82) is 0 Å². The Hall–Kier alpha value is -2.30. The molecule has 0 bridgehead atoms. The molecule has 2 aromatic rings. The summed E-state index contributed by atoms with van der Waals surface area (Å²) in [6.07, 6.45) is 2.15. The summed E-state index contributed by atoms with van der Waals surface area (Å²) in [6, 6.07) is 7.14. The number of fused-ring (bicyclic) bond motifs is 1. The predicted molar refractivity (Wildman–Crippen MR) is 76.8 cm³/mol. The molecular formula is C15H18N2O3. The molecule has 1 aromatic carbocycles. The molecule has 5 heteroatoms. The van der Waals surface area contributed by atoms with E-state index in [-0.39, 0.29) is 17.5 Å². The standard InChI is InChI=1S/C15H18N2O3/c1-10(2)16-13(18)7-9-17-8-6-11-4-3-5-12(14(11)17)15(19)20/h3-6,8,10H,7,9H2,1-2H3,(H,16,18)(H,19,20). The van der Waals surface area contributed by atoms with Crippen molar-refractivity contribution in [1.82, 2.24) is 9.88 Å². The number of carbonyl (C=O) groups is 2. The van der Waals surface area contributed by atoms with E-state index >= 15 is 0 Å². The van der Waals surface area contributed by atoms with E-state index in [0.29, 0.717) is 18.5 Å². The third kappa shape index (κ3) is 2.99. The second-order valence-corrected chi connectivity index (χ2v) is 5.03. The fraction of sp³-hybridized carbons (Fsp3) is 0.333. The number of benzene rings is 1. The Morgan fingerprint density at radius 3 is 2.70 bits per heavy atom. The number of para-hydroxylation sites is 1. The van der Waals surface area contributed by atoms with Crippen LogP contribution < -0.4 is 5.32 Å². The van der Waals surface area contributed by atoms with Gasteiger partial charge in [0.15, 0.2) is 0 Å². The van der Waals surface area contributed by atoms with E-state index in [1.165, 1.54) is 0 Å². The van der Waals surface area contributed by atoms with Crippen molar-refractivity contribution in [3.63, 3.8) is 0 Å². The summed E-state index contributed by atoms with van der Waals surface area (Å²) in [5.41, 5.74) is 0.925. The molecule has 0 aliphatic carbocycles. The Bertz CT molecular complexity index is 644. The minimum atomic E-state index is -0.956. The lowest BCUT2D eigenvalue weighted by Gasteiger charge is -2.10. The van der Waals surface area contributed by atoms with Gasteiger partial charge in [0.25, 0.3) is 0 Å². The van der Waals surface area contributed by atoms with Crippen LogP contribution in [0.2, 0.25) is 0 Å². The van der Waals surface area contributed by atoms with Gasteiger partial charge in [-0.25, -0.2) is 4.79 Å². The van der Waals surface area contributed by atoms with Gasteiger partial charge < -0.3 is 15.0 Å². The van der Waals surface area contributed by atoms with E-state index in [1.54, 1.807) is 12.1 Å². The van der Waals surface area contributed by atoms with E-state index in [9.17, 15) is 14.7 Å². The average Bonchev–Trinajstić information content (AvgIpc) is 2.78. The van der Waals surface area contributed by atoms with Gasteiger partial charge in [-0.05, 0) is 26.0 Å². The highest BCUT2D eigenvalue weighted by molar-refractivity contribution is 6.02. The molecule has 20 heavy (non-hydrogen) atoms. The lowest BCUT2D eigenvalue weighted by Crippen LogP contribution is -2.30. The smallest absolute Gasteiger partial charge is 0.337 e. The number of carboxylic acids is 1. The van der Waals surface area contributed by atoms with Crippen molar-refractivity contribution in [3.8, 4) is 0 Å². The molecule has 0 saturated heterocycles. The number of nitrogens with zero attached hydrogens (tertiary/aromatic N) is 1. The molecule has 1 aromatic heterocycles. The Morgan fingerprint density at radius 2 is 2.05 bits per heavy atom. The molecule has 0 spiro atoms. The zero-order valence-corrected chi connectivity index (χ0v) is 11.6. The highest BCUT2D eigenvalue weighted by Crippen LogP contribution is 2.20. The fourth-order valence-corrected chi connectivity index (χ4v) is 2.24. The zero-order valence-electron chi connectivity index (χ0n) is 11.6. The molecule has 5 nitrogen and oxygen atoms in total.